The second-order valence-electron chi connectivity index (χ2n) is 4.52. The molecule has 0 aliphatic heterocycles. The largest absolute Gasteiger partial charge is 0.476 e. The van der Waals surface area contributed by atoms with E-state index in [0.717, 1.165) is 0 Å². The Morgan fingerprint density at radius 2 is 2.06 bits per heavy atom. The molecular formula is C12H17IN2O2. The highest BCUT2D eigenvalue weighted by atomic mass is 127. The van der Waals surface area contributed by atoms with Crippen molar-refractivity contribution in [2.45, 2.75) is 38.5 Å². The molecule has 0 spiro atoms. The Bertz CT molecular complexity index is 411. The van der Waals surface area contributed by atoms with E-state index in [4.69, 9.17) is 4.74 Å². The van der Waals surface area contributed by atoms with Crippen LogP contribution in [0.2, 0.25) is 0 Å². The Morgan fingerprint density at radius 3 is 2.76 bits per heavy atom. The van der Waals surface area contributed by atoms with Crippen LogP contribution in [0.1, 0.15) is 38.5 Å². The van der Waals surface area contributed by atoms with Crippen LogP contribution in [-0.2, 0) is 0 Å². The minimum atomic E-state index is -0.128. The normalized spacial score (nSPS) is 17.7. The summed E-state index contributed by atoms with van der Waals surface area (Å²) in [6.45, 7) is 0.687. The van der Waals surface area contributed by atoms with Crippen molar-refractivity contribution in [3.63, 3.8) is 0 Å². The van der Waals surface area contributed by atoms with Crippen molar-refractivity contribution in [2.75, 3.05) is 6.61 Å². The molecule has 1 aliphatic carbocycles. The average molecular weight is 348 g/mol. The van der Waals surface area contributed by atoms with E-state index in [1.54, 1.807) is 0 Å². The summed E-state index contributed by atoms with van der Waals surface area (Å²) in [6.07, 6.45) is 9.16. The monoisotopic (exact) mass is 348 g/mol. The fourth-order valence-corrected chi connectivity index (χ4v) is 2.65. The number of hydrogen-bond donors (Lipinski definition) is 1. The van der Waals surface area contributed by atoms with E-state index in [1.807, 2.05) is 22.6 Å². The molecule has 1 aliphatic rings. The highest BCUT2D eigenvalue weighted by molar-refractivity contribution is 14.1. The van der Waals surface area contributed by atoms with Crippen LogP contribution in [0.3, 0.4) is 0 Å². The zero-order chi connectivity index (χ0) is 12.1. The van der Waals surface area contributed by atoms with Gasteiger partial charge in [-0.1, -0.05) is 25.7 Å². The maximum atomic E-state index is 11.4. The first kappa shape index (κ1) is 12.9. The second kappa shape index (κ2) is 6.37. The summed E-state index contributed by atoms with van der Waals surface area (Å²) in [5.41, 5.74) is -0.128. The summed E-state index contributed by atoms with van der Waals surface area (Å²) in [7, 11) is 0. The highest BCUT2D eigenvalue weighted by Crippen LogP contribution is 2.23. The molecule has 1 aromatic rings. The Labute approximate surface area is 114 Å². The van der Waals surface area contributed by atoms with Crippen molar-refractivity contribution < 1.29 is 4.74 Å². The molecule has 5 heteroatoms. The molecular weight excluding hydrogens is 331 g/mol. The molecule has 1 N–H and O–H groups in total. The number of H-pyrrole nitrogens is 1. The third-order valence-electron chi connectivity index (χ3n) is 3.20. The van der Waals surface area contributed by atoms with Crippen LogP contribution in [0.4, 0.5) is 0 Å². The smallest absolute Gasteiger partial charge is 0.268 e. The van der Waals surface area contributed by atoms with Crippen molar-refractivity contribution in [1.29, 1.82) is 0 Å². The molecule has 0 radical (unpaired) electrons. The molecule has 1 heterocycles. The third kappa shape index (κ3) is 3.69. The van der Waals surface area contributed by atoms with E-state index in [2.05, 4.69) is 9.97 Å². The number of nitrogens with one attached hydrogen (secondary N) is 1. The van der Waals surface area contributed by atoms with E-state index in [-0.39, 0.29) is 5.56 Å². The molecule has 2 rings (SSSR count). The van der Waals surface area contributed by atoms with Crippen molar-refractivity contribution in [3.05, 3.63) is 20.3 Å². The molecule has 17 heavy (non-hydrogen) atoms. The van der Waals surface area contributed by atoms with Crippen molar-refractivity contribution >= 4 is 22.6 Å². The average Bonchev–Trinajstić information content (AvgIpc) is 2.59. The minimum absolute atomic E-state index is 0.128. The van der Waals surface area contributed by atoms with Crippen LogP contribution in [0.15, 0.2) is 11.1 Å². The van der Waals surface area contributed by atoms with Gasteiger partial charge in [-0.25, -0.2) is 4.98 Å². The summed E-state index contributed by atoms with van der Waals surface area (Å²) >= 11 is 1.98. The number of hydrogen-bond acceptors (Lipinski definition) is 3. The standard InChI is InChI=1S/C12H17IN2O2/c13-10-11(16)14-8-15-12(10)17-7-9-5-3-1-2-4-6-9/h8-9H,1-7H2,(H,14,15,16). The number of aromatic nitrogens is 2. The van der Waals surface area contributed by atoms with E-state index in [0.29, 0.717) is 22.0 Å². The molecule has 0 atom stereocenters. The lowest BCUT2D eigenvalue weighted by Gasteiger charge is -2.14. The van der Waals surface area contributed by atoms with Crippen LogP contribution in [0.5, 0.6) is 5.88 Å². The predicted octanol–water partition coefficient (Wildman–Crippen LogP) is 2.72. The molecule has 1 saturated carbocycles. The highest BCUT2D eigenvalue weighted by Gasteiger charge is 2.14. The van der Waals surface area contributed by atoms with Crippen LogP contribution in [-0.4, -0.2) is 16.6 Å². The van der Waals surface area contributed by atoms with E-state index >= 15 is 0 Å². The van der Waals surface area contributed by atoms with Gasteiger partial charge in [-0.15, -0.1) is 0 Å². The molecule has 0 saturated heterocycles. The van der Waals surface area contributed by atoms with Gasteiger partial charge in [-0.2, -0.15) is 0 Å². The molecule has 1 fully saturated rings. The van der Waals surface area contributed by atoms with Gasteiger partial charge in [-0.3, -0.25) is 4.79 Å². The van der Waals surface area contributed by atoms with Crippen molar-refractivity contribution in [2.24, 2.45) is 5.92 Å². The second-order valence-corrected chi connectivity index (χ2v) is 5.60. The molecule has 0 amide bonds. The molecule has 1 aromatic heterocycles. The fraction of sp³-hybridized carbons (Fsp3) is 0.667. The zero-order valence-corrected chi connectivity index (χ0v) is 11.9. The minimum Gasteiger partial charge on any atom is -0.476 e. The SMILES string of the molecule is O=c1[nH]cnc(OCC2CCCCCC2)c1I. The van der Waals surface area contributed by atoms with Gasteiger partial charge in [0.25, 0.3) is 5.56 Å². The van der Waals surface area contributed by atoms with E-state index in [9.17, 15) is 4.79 Å². The molecule has 0 unspecified atom stereocenters. The molecule has 0 bridgehead atoms. The maximum absolute atomic E-state index is 11.4. The number of aromatic amines is 1. The van der Waals surface area contributed by atoms with Gasteiger partial charge in [0.2, 0.25) is 5.88 Å². The Kier molecular flexibility index (Phi) is 4.82. The third-order valence-corrected chi connectivity index (χ3v) is 4.15. The van der Waals surface area contributed by atoms with Gasteiger partial charge < -0.3 is 9.72 Å². The fourth-order valence-electron chi connectivity index (χ4n) is 2.19. The lowest BCUT2D eigenvalue weighted by molar-refractivity contribution is 0.224. The first-order valence-electron chi connectivity index (χ1n) is 6.13. The number of nitrogens with zero attached hydrogens (tertiary/aromatic N) is 1. The van der Waals surface area contributed by atoms with Gasteiger partial charge in [0, 0.05) is 0 Å². The lowest BCUT2D eigenvalue weighted by Crippen LogP contribution is -2.17. The van der Waals surface area contributed by atoms with Gasteiger partial charge >= 0.3 is 0 Å². The molecule has 4 nitrogen and oxygen atoms in total. The summed E-state index contributed by atoms with van der Waals surface area (Å²) < 4.78 is 6.21. The maximum Gasteiger partial charge on any atom is 0.268 e. The van der Waals surface area contributed by atoms with Gasteiger partial charge in [0.15, 0.2) is 0 Å². The molecule has 0 aromatic carbocycles. The van der Waals surface area contributed by atoms with E-state index in [1.165, 1.54) is 44.9 Å². The van der Waals surface area contributed by atoms with Crippen LogP contribution < -0.4 is 10.3 Å². The van der Waals surface area contributed by atoms with Crippen molar-refractivity contribution in [1.82, 2.24) is 9.97 Å². The lowest BCUT2D eigenvalue weighted by atomic mass is 10.0. The predicted molar refractivity (Wildman–Crippen MR) is 74.3 cm³/mol. The Morgan fingerprint density at radius 1 is 1.35 bits per heavy atom. The first-order valence-corrected chi connectivity index (χ1v) is 7.21. The summed E-state index contributed by atoms with van der Waals surface area (Å²) in [4.78, 5) is 18.0. The first-order chi connectivity index (χ1) is 8.27. The van der Waals surface area contributed by atoms with E-state index < -0.39 is 0 Å². The topological polar surface area (TPSA) is 55.0 Å². The number of halogens is 1. The number of rotatable bonds is 3. The van der Waals surface area contributed by atoms with Crippen LogP contribution in [0, 0.1) is 9.49 Å². The van der Waals surface area contributed by atoms with Gasteiger partial charge in [0.1, 0.15) is 3.57 Å². The van der Waals surface area contributed by atoms with Gasteiger partial charge in [-0.05, 0) is 41.4 Å². The van der Waals surface area contributed by atoms with Gasteiger partial charge in [0.05, 0.1) is 12.9 Å². The number of ether oxygens (including phenoxy) is 1. The Hall–Kier alpha value is -0.590. The zero-order valence-electron chi connectivity index (χ0n) is 9.75. The summed E-state index contributed by atoms with van der Waals surface area (Å²) in [6, 6.07) is 0. The summed E-state index contributed by atoms with van der Waals surface area (Å²) in [5, 5.41) is 0. The summed E-state index contributed by atoms with van der Waals surface area (Å²) in [5.74, 6) is 1.09. The quantitative estimate of drug-likeness (QED) is 0.675. The van der Waals surface area contributed by atoms with Crippen LogP contribution >= 0.6 is 22.6 Å². The van der Waals surface area contributed by atoms with Crippen molar-refractivity contribution in [3.8, 4) is 5.88 Å². The Balaban J connectivity index is 1.92. The molecule has 94 valence electrons. The van der Waals surface area contributed by atoms with Crippen LogP contribution in [0.25, 0.3) is 0 Å².